The number of aryl methyl sites for hydroxylation is 2. The lowest BCUT2D eigenvalue weighted by atomic mass is 10.2. The number of amides is 1. The maximum Gasteiger partial charge on any atom is 0.243 e. The molecular formula is C23H30N2O5S2. The summed E-state index contributed by atoms with van der Waals surface area (Å²) in [6.45, 7) is 4.58. The van der Waals surface area contributed by atoms with E-state index in [1.165, 1.54) is 22.5 Å². The van der Waals surface area contributed by atoms with Crippen molar-refractivity contribution < 1.29 is 21.6 Å². The summed E-state index contributed by atoms with van der Waals surface area (Å²) in [6, 6.07) is 11.2. The smallest absolute Gasteiger partial charge is 0.243 e. The van der Waals surface area contributed by atoms with E-state index in [0.29, 0.717) is 24.3 Å². The highest BCUT2D eigenvalue weighted by Crippen LogP contribution is 2.26. The second kappa shape index (κ2) is 10.1. The maximum atomic E-state index is 13.2. The van der Waals surface area contributed by atoms with Crippen LogP contribution in [0.25, 0.3) is 0 Å². The van der Waals surface area contributed by atoms with Crippen LogP contribution in [-0.2, 0) is 24.7 Å². The van der Waals surface area contributed by atoms with Gasteiger partial charge >= 0.3 is 0 Å². The molecule has 9 heteroatoms. The summed E-state index contributed by atoms with van der Waals surface area (Å²) in [5.41, 5.74) is 1.89. The number of nitrogens with zero attached hydrogens (tertiary/aromatic N) is 1. The van der Waals surface area contributed by atoms with Crippen molar-refractivity contribution in [1.82, 2.24) is 4.31 Å². The molecule has 1 aliphatic rings. The Hall–Kier alpha value is -2.23. The van der Waals surface area contributed by atoms with E-state index in [-0.39, 0.29) is 22.0 Å². The highest BCUT2D eigenvalue weighted by molar-refractivity contribution is 7.91. The molecular weight excluding hydrogens is 448 g/mol. The SMILES string of the molecule is Cc1ccc(S(=O)(=O)CCC(=O)Nc2ccc(C)c(S(=O)(=O)N3CCCCCC3)c2)cc1. The topological polar surface area (TPSA) is 101 Å². The molecule has 1 heterocycles. The van der Waals surface area contributed by atoms with Gasteiger partial charge in [0, 0.05) is 25.2 Å². The first-order chi connectivity index (χ1) is 15.1. The Morgan fingerprint density at radius 2 is 1.53 bits per heavy atom. The summed E-state index contributed by atoms with van der Waals surface area (Å²) in [4.78, 5) is 12.8. The molecule has 2 aromatic carbocycles. The molecule has 0 saturated carbocycles. The van der Waals surface area contributed by atoms with Gasteiger partial charge in [0.15, 0.2) is 9.84 Å². The number of carbonyl (C=O) groups excluding carboxylic acids is 1. The van der Waals surface area contributed by atoms with Gasteiger partial charge in [0.05, 0.1) is 15.5 Å². The van der Waals surface area contributed by atoms with E-state index in [2.05, 4.69) is 5.32 Å². The van der Waals surface area contributed by atoms with E-state index in [4.69, 9.17) is 0 Å². The van der Waals surface area contributed by atoms with Crippen LogP contribution in [0.2, 0.25) is 0 Å². The Bertz CT molecular complexity index is 1170. The second-order valence-electron chi connectivity index (χ2n) is 8.23. The summed E-state index contributed by atoms with van der Waals surface area (Å²) < 4.78 is 52.8. The second-order valence-corrected chi connectivity index (χ2v) is 12.2. The Balaban J connectivity index is 1.70. The van der Waals surface area contributed by atoms with Gasteiger partial charge in [-0.25, -0.2) is 16.8 Å². The third kappa shape index (κ3) is 5.96. The zero-order valence-electron chi connectivity index (χ0n) is 18.5. The molecule has 0 spiro atoms. The number of hydrogen-bond acceptors (Lipinski definition) is 5. The number of hydrogen-bond donors (Lipinski definition) is 1. The van der Waals surface area contributed by atoms with Crippen LogP contribution < -0.4 is 5.32 Å². The third-order valence-electron chi connectivity index (χ3n) is 5.63. The minimum atomic E-state index is -3.66. The monoisotopic (exact) mass is 478 g/mol. The minimum Gasteiger partial charge on any atom is -0.326 e. The van der Waals surface area contributed by atoms with Crippen LogP contribution in [-0.4, -0.2) is 45.9 Å². The fourth-order valence-electron chi connectivity index (χ4n) is 3.69. The first-order valence-electron chi connectivity index (χ1n) is 10.8. The van der Waals surface area contributed by atoms with Crippen LogP contribution in [0.1, 0.15) is 43.2 Å². The molecule has 0 bridgehead atoms. The molecule has 1 amide bonds. The molecule has 32 heavy (non-hydrogen) atoms. The van der Waals surface area contributed by atoms with E-state index in [0.717, 1.165) is 31.2 Å². The molecule has 174 valence electrons. The van der Waals surface area contributed by atoms with E-state index in [9.17, 15) is 21.6 Å². The molecule has 1 N–H and O–H groups in total. The zero-order chi connectivity index (χ0) is 23.4. The van der Waals surface area contributed by atoms with Crippen LogP contribution in [0.5, 0.6) is 0 Å². The molecule has 0 unspecified atom stereocenters. The van der Waals surface area contributed by atoms with Crippen molar-refractivity contribution in [3.8, 4) is 0 Å². The van der Waals surface area contributed by atoms with Crippen molar-refractivity contribution in [3.63, 3.8) is 0 Å². The lowest BCUT2D eigenvalue weighted by Crippen LogP contribution is -2.32. The average molecular weight is 479 g/mol. The van der Waals surface area contributed by atoms with Crippen LogP contribution in [0.3, 0.4) is 0 Å². The van der Waals surface area contributed by atoms with Gasteiger partial charge in [0.25, 0.3) is 0 Å². The van der Waals surface area contributed by atoms with E-state index in [1.54, 1.807) is 31.2 Å². The molecule has 1 fully saturated rings. The number of rotatable bonds is 7. The lowest BCUT2D eigenvalue weighted by molar-refractivity contribution is -0.115. The molecule has 2 aromatic rings. The Morgan fingerprint density at radius 3 is 2.16 bits per heavy atom. The number of anilines is 1. The molecule has 3 rings (SSSR count). The molecule has 1 saturated heterocycles. The minimum absolute atomic E-state index is 0.171. The van der Waals surface area contributed by atoms with E-state index < -0.39 is 25.8 Å². The van der Waals surface area contributed by atoms with Gasteiger partial charge in [0.2, 0.25) is 15.9 Å². The highest BCUT2D eigenvalue weighted by atomic mass is 32.2. The van der Waals surface area contributed by atoms with Crippen molar-refractivity contribution in [1.29, 1.82) is 0 Å². The summed E-state index contributed by atoms with van der Waals surface area (Å²) >= 11 is 0. The van der Waals surface area contributed by atoms with Crippen molar-refractivity contribution >= 4 is 31.5 Å². The van der Waals surface area contributed by atoms with Crippen molar-refractivity contribution in [2.75, 3.05) is 24.2 Å². The molecule has 1 aliphatic heterocycles. The van der Waals surface area contributed by atoms with Crippen molar-refractivity contribution in [3.05, 3.63) is 53.6 Å². The zero-order valence-corrected chi connectivity index (χ0v) is 20.1. The summed E-state index contributed by atoms with van der Waals surface area (Å²) in [6.07, 6.45) is 3.49. The Labute approximate surface area is 190 Å². The molecule has 0 aliphatic carbocycles. The number of nitrogens with one attached hydrogen (secondary N) is 1. The number of sulfone groups is 1. The molecule has 7 nitrogen and oxygen atoms in total. The lowest BCUT2D eigenvalue weighted by Gasteiger charge is -2.21. The highest BCUT2D eigenvalue weighted by Gasteiger charge is 2.27. The standard InChI is InChI=1S/C23H30N2O5S2/c1-18-7-11-21(12-8-18)31(27,28)16-13-23(26)24-20-10-9-19(2)22(17-20)32(29,30)25-14-5-3-4-6-15-25/h7-12,17H,3-6,13-16H2,1-2H3,(H,24,26). The normalized spacial score (nSPS) is 15.8. The predicted molar refractivity (Wildman–Crippen MR) is 125 cm³/mol. The van der Waals surface area contributed by atoms with Gasteiger partial charge in [-0.05, 0) is 56.5 Å². The summed E-state index contributed by atoms with van der Waals surface area (Å²) in [5.74, 6) is -0.810. The Morgan fingerprint density at radius 1 is 0.906 bits per heavy atom. The molecule has 0 aromatic heterocycles. The fraction of sp³-hybridized carbons (Fsp3) is 0.435. The van der Waals surface area contributed by atoms with Crippen LogP contribution in [0.15, 0.2) is 52.3 Å². The van der Waals surface area contributed by atoms with Crippen molar-refractivity contribution in [2.45, 2.75) is 55.7 Å². The predicted octanol–water partition coefficient (Wildman–Crippen LogP) is 3.67. The van der Waals surface area contributed by atoms with Crippen LogP contribution in [0, 0.1) is 13.8 Å². The first kappa shape index (κ1) is 24.4. The molecule has 0 radical (unpaired) electrons. The first-order valence-corrected chi connectivity index (χ1v) is 13.9. The van der Waals surface area contributed by atoms with Crippen molar-refractivity contribution in [2.24, 2.45) is 0 Å². The molecule has 0 atom stereocenters. The van der Waals surface area contributed by atoms with Gasteiger partial charge in [0.1, 0.15) is 0 Å². The largest absolute Gasteiger partial charge is 0.326 e. The quantitative estimate of drug-likeness (QED) is 0.654. The summed E-state index contributed by atoms with van der Waals surface area (Å²) in [7, 11) is -7.25. The van der Waals surface area contributed by atoms with E-state index >= 15 is 0 Å². The van der Waals surface area contributed by atoms with Gasteiger partial charge in [-0.1, -0.05) is 36.6 Å². The average Bonchev–Trinajstić information content (AvgIpc) is 3.04. The summed E-state index contributed by atoms with van der Waals surface area (Å²) in [5, 5.41) is 2.64. The van der Waals surface area contributed by atoms with Gasteiger partial charge in [-0.15, -0.1) is 0 Å². The number of benzene rings is 2. The van der Waals surface area contributed by atoms with Crippen LogP contribution in [0.4, 0.5) is 5.69 Å². The van der Waals surface area contributed by atoms with E-state index in [1.807, 2.05) is 6.92 Å². The van der Waals surface area contributed by atoms with Crippen LogP contribution >= 0.6 is 0 Å². The fourth-order valence-corrected chi connectivity index (χ4v) is 6.70. The van der Waals surface area contributed by atoms with Gasteiger partial charge in [-0.2, -0.15) is 4.31 Å². The number of sulfonamides is 1. The Kier molecular flexibility index (Phi) is 7.74. The number of carbonyl (C=O) groups is 1. The van der Waals surface area contributed by atoms with Gasteiger partial charge in [-0.3, -0.25) is 4.79 Å². The van der Waals surface area contributed by atoms with Gasteiger partial charge < -0.3 is 5.32 Å². The maximum absolute atomic E-state index is 13.2. The third-order valence-corrected chi connectivity index (χ3v) is 9.41.